The normalized spacial score (nSPS) is 21.7. The van der Waals surface area contributed by atoms with Crippen molar-refractivity contribution < 1.29 is 31.6 Å². The lowest BCUT2D eigenvalue weighted by Gasteiger charge is -2.45. The molecule has 4 amide bonds. The Morgan fingerprint density at radius 1 is 1.10 bits per heavy atom. The van der Waals surface area contributed by atoms with Crippen molar-refractivity contribution in [3.05, 3.63) is 0 Å². The summed E-state index contributed by atoms with van der Waals surface area (Å²) in [5.74, 6) is -2.60. The van der Waals surface area contributed by atoms with Crippen molar-refractivity contribution in [3.8, 4) is 0 Å². The summed E-state index contributed by atoms with van der Waals surface area (Å²) < 4.78 is 15.6. The Morgan fingerprint density at radius 3 is 2.39 bits per heavy atom. The van der Waals surface area contributed by atoms with Gasteiger partial charge in [0.25, 0.3) is 11.8 Å². The number of hydrogen-bond acceptors (Lipinski definition) is 8. The zero-order chi connectivity index (χ0) is 24.8. The van der Waals surface area contributed by atoms with Crippen LogP contribution in [0.15, 0.2) is 0 Å². The summed E-state index contributed by atoms with van der Waals surface area (Å²) in [6.07, 6.45) is -0.205. The van der Waals surface area contributed by atoms with E-state index in [-0.39, 0.29) is 56.6 Å². The van der Waals surface area contributed by atoms with E-state index in [9.17, 15) is 24.0 Å². The standard InChI is InChI=1S/C20H33N5O6/c1-20(2,14-13-23(3)11-12-24(14)4)19(30)22-9-7-15(26)21-10-8-18(29)31-25-16(27)5-6-17(25)28/h14H,5-13H2,1-4H3,(H,21,26)(H,22,30)/i4+1D2,8+1,10+1,15+1,18+1,21+1. The fourth-order valence-corrected chi connectivity index (χ4v) is 3.44. The molecule has 0 aromatic heterocycles. The van der Waals surface area contributed by atoms with Gasteiger partial charge in [-0.1, -0.05) is 0 Å². The van der Waals surface area contributed by atoms with Crippen LogP contribution in [0.1, 0.15) is 42.3 Å². The summed E-state index contributed by atoms with van der Waals surface area (Å²) in [7, 11) is 1.93. The van der Waals surface area contributed by atoms with E-state index in [0.717, 1.165) is 6.54 Å². The second-order valence-electron chi connectivity index (χ2n) is 8.39. The molecule has 0 radical (unpaired) electrons. The molecule has 0 aliphatic carbocycles. The molecule has 0 bridgehead atoms. The first-order chi connectivity index (χ1) is 15.4. The Hall–Kier alpha value is -2.53. The summed E-state index contributed by atoms with van der Waals surface area (Å²) in [5.41, 5.74) is -0.875. The monoisotopic (exact) mass is 447 g/mol. The number of amides is 4. The van der Waals surface area contributed by atoms with Gasteiger partial charge in [-0.2, -0.15) is 0 Å². The summed E-state index contributed by atoms with van der Waals surface area (Å²) in [5, 5.41) is 5.72. The van der Waals surface area contributed by atoms with E-state index < -0.39 is 30.2 Å². The molecule has 0 aromatic rings. The van der Waals surface area contributed by atoms with Crippen molar-refractivity contribution in [1.29, 1.82) is 0 Å². The number of rotatable bonds is 9. The molecule has 0 spiro atoms. The maximum Gasteiger partial charge on any atom is 0.334 e. The van der Waals surface area contributed by atoms with Crippen LogP contribution < -0.4 is 10.6 Å². The van der Waals surface area contributed by atoms with Crippen molar-refractivity contribution >= 4 is 29.6 Å². The minimum absolute atomic E-state index is 0.00619. The van der Waals surface area contributed by atoms with Gasteiger partial charge in [0.15, 0.2) is 0 Å². The number of imide groups is 1. The zero-order valence-electron chi connectivity index (χ0n) is 20.3. The summed E-state index contributed by atoms with van der Waals surface area (Å²) in [6, 6.07) is -0.314. The van der Waals surface area contributed by atoms with Gasteiger partial charge in [0.05, 0.1) is 11.8 Å². The molecule has 2 saturated heterocycles. The highest BCUT2D eigenvalue weighted by atomic mass is 16.8. The highest BCUT2D eigenvalue weighted by molar-refractivity contribution is 6.01. The molecule has 1 unspecified atom stereocenters. The molecule has 2 aliphatic rings. The highest BCUT2D eigenvalue weighted by Crippen LogP contribution is 2.27. The number of carbonyl (C=O) groups is 5. The fourth-order valence-electron chi connectivity index (χ4n) is 3.44. The van der Waals surface area contributed by atoms with Gasteiger partial charge in [-0.05, 0) is 27.9 Å². The van der Waals surface area contributed by atoms with Crippen LogP contribution in [0, 0.1) is 5.41 Å². The van der Waals surface area contributed by atoms with Gasteiger partial charge in [-0.25, -0.2) is 4.79 Å². The predicted octanol–water partition coefficient (Wildman–Crippen LogP) is -1.12. The first-order valence-corrected chi connectivity index (χ1v) is 10.3. The average Bonchev–Trinajstić information content (AvgIpc) is 3.05. The molecular formula is C20H33N5O6. The number of nitrogens with one attached hydrogen (secondary N) is 2. The molecule has 11 nitrogen and oxygen atoms in total. The van der Waals surface area contributed by atoms with Gasteiger partial charge in [0, 0.05) is 60.8 Å². The smallest absolute Gasteiger partial charge is 0.334 e. The maximum absolute atomic E-state index is 12.8. The van der Waals surface area contributed by atoms with Crippen molar-refractivity contribution in [2.45, 2.75) is 45.6 Å². The topological polar surface area (TPSA) is 128 Å². The van der Waals surface area contributed by atoms with Crippen LogP contribution in [0.5, 0.6) is 0 Å². The highest BCUT2D eigenvalue weighted by Gasteiger charge is 2.41. The summed E-state index contributed by atoms with van der Waals surface area (Å²) >= 11 is 0. The maximum atomic E-state index is 12.8. The third kappa shape index (κ3) is 6.73. The molecule has 2 rings (SSSR count). The Balaban J connectivity index is 1.71. The molecule has 1 atom stereocenters. The lowest BCUT2D eigenvalue weighted by Crippen LogP contribution is -2.60. The minimum atomic E-state index is -1.17. The van der Waals surface area contributed by atoms with Crippen LogP contribution in [0.4, 0.5) is 0 Å². The first-order valence-electron chi connectivity index (χ1n) is 11.5. The molecule has 0 saturated carbocycles. The van der Waals surface area contributed by atoms with Gasteiger partial charge >= 0.3 is 5.97 Å². The van der Waals surface area contributed by atoms with E-state index in [2.05, 4.69) is 15.5 Å². The van der Waals surface area contributed by atoms with Gasteiger partial charge in [-0.3, -0.25) is 24.1 Å². The Labute approximate surface area is 185 Å². The number of likely N-dealkylation sites (N-methyl/N-ethyl adjacent to an activating group) is 2. The van der Waals surface area contributed by atoms with E-state index in [1.807, 2.05) is 7.05 Å². The number of piperazine rings is 1. The third-order valence-electron chi connectivity index (χ3n) is 5.53. The number of hydrogen-bond donors (Lipinski definition) is 2. The van der Waals surface area contributed by atoms with Crippen LogP contribution in [0.2, 0.25) is 0 Å². The summed E-state index contributed by atoms with van der Waals surface area (Å²) in [4.78, 5) is 67.8. The second-order valence-corrected chi connectivity index (χ2v) is 8.39. The number of nitrogens with zero attached hydrogens (tertiary/aromatic N) is 3. The van der Waals surface area contributed by atoms with Crippen molar-refractivity contribution in [3.63, 3.8) is 0 Å². The lowest BCUT2D eigenvalue weighted by atomic mass is 9.81. The van der Waals surface area contributed by atoms with Crippen LogP contribution in [0.25, 0.3) is 0 Å². The quantitative estimate of drug-likeness (QED) is 0.258. The molecule has 174 valence electrons. The van der Waals surface area contributed by atoms with E-state index in [0.29, 0.717) is 18.2 Å². The van der Waals surface area contributed by atoms with Gasteiger partial charge in [0.2, 0.25) is 11.8 Å². The van der Waals surface area contributed by atoms with Crippen LogP contribution in [-0.4, -0.2) is 97.3 Å². The van der Waals surface area contributed by atoms with Crippen LogP contribution >= 0.6 is 0 Å². The van der Waals surface area contributed by atoms with Gasteiger partial charge in [-0.15, -0.1) is 5.06 Å². The average molecular weight is 447 g/mol. The van der Waals surface area contributed by atoms with Crippen molar-refractivity contribution in [1.82, 2.24) is 25.5 Å². The Bertz CT molecular complexity index is 762. The van der Waals surface area contributed by atoms with Gasteiger partial charge < -0.3 is 20.4 Å². The van der Waals surface area contributed by atoms with E-state index in [4.69, 9.17) is 7.58 Å². The molecule has 2 aliphatic heterocycles. The molecule has 31 heavy (non-hydrogen) atoms. The van der Waals surface area contributed by atoms with Crippen molar-refractivity contribution in [2.24, 2.45) is 5.41 Å². The van der Waals surface area contributed by atoms with E-state index in [1.54, 1.807) is 18.7 Å². The first kappa shape index (κ1) is 21.7. The molecule has 11 heteroatoms. The SMILES string of the molecule is [2H][13CH]([2H])N1CCN(C)CC1C(C)(C)C(=O)NCC[13C](=O)[15NH][13CH2][13CH2][13C](=O)ON1C(=O)CCC1=O. The lowest BCUT2D eigenvalue weighted by molar-refractivity contribution is -0.197. The Kier molecular flexibility index (Phi) is 7.47. The molecular weight excluding hydrogens is 412 g/mol. The number of carbonyl (C=O) groups excluding carboxylic acids is 5. The van der Waals surface area contributed by atoms with E-state index in [1.165, 1.54) is 0 Å². The molecule has 2 fully saturated rings. The Morgan fingerprint density at radius 2 is 1.74 bits per heavy atom. The number of hydroxylamine groups is 2. The predicted molar refractivity (Wildman–Crippen MR) is 110 cm³/mol. The van der Waals surface area contributed by atoms with E-state index >= 15 is 0 Å². The van der Waals surface area contributed by atoms with Crippen molar-refractivity contribution in [2.75, 3.05) is 46.8 Å². The molecule has 2 heterocycles. The summed E-state index contributed by atoms with van der Waals surface area (Å²) in [6.45, 7) is 4.22. The second kappa shape index (κ2) is 10.7. The molecule has 2 N–H and O–H groups in total. The van der Waals surface area contributed by atoms with Crippen LogP contribution in [-0.2, 0) is 28.8 Å². The largest absolute Gasteiger partial charge is 0.355 e. The fraction of sp³-hybridized carbons (Fsp3) is 0.750. The van der Waals surface area contributed by atoms with Crippen LogP contribution in [0.3, 0.4) is 0 Å². The third-order valence-corrected chi connectivity index (χ3v) is 5.53. The molecule has 0 aromatic carbocycles. The van der Waals surface area contributed by atoms with Gasteiger partial charge in [0.1, 0.15) is 0 Å². The zero-order valence-corrected chi connectivity index (χ0v) is 18.3. The minimum Gasteiger partial charge on any atom is -0.355 e.